The number of aliphatic carboxylic acids is 1. The quantitative estimate of drug-likeness (QED) is 0.704. The van der Waals surface area contributed by atoms with Gasteiger partial charge in [0.2, 0.25) is 0 Å². The monoisotopic (exact) mass is 199 g/mol. The van der Waals surface area contributed by atoms with Gasteiger partial charge in [-0.05, 0) is 32.1 Å². The average molecular weight is 199 g/mol. The Labute approximate surface area is 83.6 Å². The molecular formula is C10H17NO3. The molecule has 0 aromatic heterocycles. The van der Waals surface area contributed by atoms with Gasteiger partial charge in [0.15, 0.2) is 0 Å². The molecule has 4 nitrogen and oxygen atoms in total. The van der Waals surface area contributed by atoms with E-state index in [-0.39, 0.29) is 6.04 Å². The van der Waals surface area contributed by atoms with Crippen LogP contribution in [0.2, 0.25) is 0 Å². The molecule has 2 fully saturated rings. The zero-order chi connectivity index (χ0) is 10.0. The summed E-state index contributed by atoms with van der Waals surface area (Å²) in [5, 5.41) is 12.4. The number of hydrogen-bond acceptors (Lipinski definition) is 3. The van der Waals surface area contributed by atoms with Crippen molar-refractivity contribution in [2.75, 3.05) is 13.2 Å². The first-order valence-corrected chi connectivity index (χ1v) is 5.32. The number of hydrogen-bond donors (Lipinski definition) is 2. The predicted molar refractivity (Wildman–Crippen MR) is 51.2 cm³/mol. The van der Waals surface area contributed by atoms with Gasteiger partial charge in [-0.2, -0.15) is 0 Å². The van der Waals surface area contributed by atoms with E-state index in [1.165, 1.54) is 0 Å². The maximum absolute atomic E-state index is 11.1. The molecule has 0 bridgehead atoms. The van der Waals surface area contributed by atoms with Crippen molar-refractivity contribution in [2.45, 2.75) is 43.7 Å². The molecule has 1 aliphatic heterocycles. The highest BCUT2D eigenvalue weighted by molar-refractivity contribution is 5.80. The van der Waals surface area contributed by atoms with Gasteiger partial charge < -0.3 is 9.84 Å². The first-order valence-electron chi connectivity index (χ1n) is 5.32. The van der Waals surface area contributed by atoms with Gasteiger partial charge in [-0.3, -0.25) is 10.1 Å². The van der Waals surface area contributed by atoms with E-state index >= 15 is 0 Å². The molecule has 0 spiro atoms. The Balaban J connectivity index is 1.90. The van der Waals surface area contributed by atoms with E-state index in [4.69, 9.17) is 9.84 Å². The molecule has 1 heterocycles. The zero-order valence-corrected chi connectivity index (χ0v) is 8.29. The van der Waals surface area contributed by atoms with E-state index in [1.807, 2.05) is 0 Å². The molecule has 4 heteroatoms. The first-order chi connectivity index (χ1) is 6.73. The molecular weight excluding hydrogens is 182 g/mol. The van der Waals surface area contributed by atoms with Gasteiger partial charge in [0.25, 0.3) is 0 Å². The van der Waals surface area contributed by atoms with Crippen molar-refractivity contribution in [3.8, 4) is 0 Å². The molecule has 1 saturated heterocycles. The van der Waals surface area contributed by atoms with E-state index in [0.29, 0.717) is 6.61 Å². The highest BCUT2D eigenvalue weighted by Crippen LogP contribution is 2.33. The van der Waals surface area contributed by atoms with Crippen molar-refractivity contribution >= 4 is 5.97 Å². The van der Waals surface area contributed by atoms with Gasteiger partial charge in [-0.25, -0.2) is 0 Å². The fourth-order valence-electron chi connectivity index (χ4n) is 2.20. The molecule has 2 N–H and O–H groups in total. The molecule has 1 aliphatic carbocycles. The Morgan fingerprint density at radius 3 is 2.64 bits per heavy atom. The molecule has 0 amide bonds. The molecule has 80 valence electrons. The molecule has 1 atom stereocenters. The number of carboxylic acids is 1. The molecule has 2 rings (SSSR count). The van der Waals surface area contributed by atoms with E-state index in [0.717, 1.165) is 38.7 Å². The van der Waals surface area contributed by atoms with Crippen molar-refractivity contribution < 1.29 is 14.6 Å². The smallest absolute Gasteiger partial charge is 0.323 e. The van der Waals surface area contributed by atoms with Crippen LogP contribution in [-0.4, -0.2) is 35.9 Å². The maximum atomic E-state index is 11.1. The average Bonchev–Trinajstić information content (AvgIpc) is 2.12. The van der Waals surface area contributed by atoms with Crippen molar-refractivity contribution in [2.24, 2.45) is 0 Å². The standard InChI is InChI=1S/C10H17NO3/c12-9(13)10(4-2-5-10)11-8-3-1-6-14-7-8/h8,11H,1-7H2,(H,12,13). The third-order valence-electron chi connectivity index (χ3n) is 3.26. The summed E-state index contributed by atoms with van der Waals surface area (Å²) in [6.07, 6.45) is 4.62. The van der Waals surface area contributed by atoms with Gasteiger partial charge >= 0.3 is 5.97 Å². The van der Waals surface area contributed by atoms with Crippen LogP contribution in [0.4, 0.5) is 0 Å². The van der Waals surface area contributed by atoms with Crippen molar-refractivity contribution in [1.29, 1.82) is 0 Å². The second-order valence-electron chi connectivity index (χ2n) is 4.30. The lowest BCUT2D eigenvalue weighted by atomic mass is 9.76. The van der Waals surface area contributed by atoms with Gasteiger partial charge in [-0.1, -0.05) is 0 Å². The van der Waals surface area contributed by atoms with Crippen LogP contribution in [0, 0.1) is 0 Å². The van der Waals surface area contributed by atoms with Gasteiger partial charge in [0.1, 0.15) is 5.54 Å². The molecule has 14 heavy (non-hydrogen) atoms. The highest BCUT2D eigenvalue weighted by atomic mass is 16.5. The van der Waals surface area contributed by atoms with Crippen molar-refractivity contribution in [3.63, 3.8) is 0 Å². The third-order valence-corrected chi connectivity index (χ3v) is 3.26. The summed E-state index contributed by atoms with van der Waals surface area (Å²) in [7, 11) is 0. The molecule has 0 radical (unpaired) electrons. The van der Waals surface area contributed by atoms with Crippen LogP contribution in [0.25, 0.3) is 0 Å². The predicted octanol–water partition coefficient (Wildman–Crippen LogP) is 0.762. The van der Waals surface area contributed by atoms with Crippen LogP contribution in [0.1, 0.15) is 32.1 Å². The minimum Gasteiger partial charge on any atom is -0.480 e. The van der Waals surface area contributed by atoms with Crippen LogP contribution in [0.5, 0.6) is 0 Å². The molecule has 1 saturated carbocycles. The summed E-state index contributed by atoms with van der Waals surface area (Å²) in [6, 6.07) is 0.236. The Bertz CT molecular complexity index is 219. The molecule has 1 unspecified atom stereocenters. The third kappa shape index (κ3) is 1.77. The van der Waals surface area contributed by atoms with Gasteiger partial charge in [-0.15, -0.1) is 0 Å². The fourth-order valence-corrected chi connectivity index (χ4v) is 2.20. The minimum absolute atomic E-state index is 0.236. The van der Waals surface area contributed by atoms with Crippen LogP contribution in [-0.2, 0) is 9.53 Å². The Kier molecular flexibility index (Phi) is 2.74. The number of ether oxygens (including phenoxy) is 1. The van der Waals surface area contributed by atoms with E-state index in [9.17, 15) is 4.79 Å². The van der Waals surface area contributed by atoms with E-state index in [2.05, 4.69) is 5.32 Å². The summed E-state index contributed by atoms with van der Waals surface area (Å²) in [5.74, 6) is -0.700. The lowest BCUT2D eigenvalue weighted by molar-refractivity contribution is -0.149. The van der Waals surface area contributed by atoms with Crippen LogP contribution in [0.15, 0.2) is 0 Å². The Morgan fingerprint density at radius 1 is 1.43 bits per heavy atom. The van der Waals surface area contributed by atoms with Gasteiger partial charge in [0.05, 0.1) is 6.61 Å². The molecule has 0 aromatic rings. The topological polar surface area (TPSA) is 58.6 Å². The number of carboxylic acid groups (broad SMARTS) is 1. The maximum Gasteiger partial charge on any atom is 0.323 e. The SMILES string of the molecule is O=C(O)C1(NC2CCCOC2)CCC1. The van der Waals surface area contributed by atoms with Crippen LogP contribution >= 0.6 is 0 Å². The Morgan fingerprint density at radius 2 is 2.21 bits per heavy atom. The summed E-state index contributed by atoms with van der Waals surface area (Å²) in [5.41, 5.74) is -0.634. The summed E-state index contributed by atoms with van der Waals surface area (Å²) < 4.78 is 5.32. The Hall–Kier alpha value is -0.610. The largest absolute Gasteiger partial charge is 0.480 e. The van der Waals surface area contributed by atoms with E-state index < -0.39 is 11.5 Å². The van der Waals surface area contributed by atoms with E-state index in [1.54, 1.807) is 0 Å². The van der Waals surface area contributed by atoms with Gasteiger partial charge in [0, 0.05) is 12.6 Å². The summed E-state index contributed by atoms with van der Waals surface area (Å²) >= 11 is 0. The highest BCUT2D eigenvalue weighted by Gasteiger charge is 2.45. The fraction of sp³-hybridized carbons (Fsp3) is 0.900. The number of rotatable bonds is 3. The molecule has 2 aliphatic rings. The van der Waals surface area contributed by atoms with Crippen LogP contribution in [0.3, 0.4) is 0 Å². The zero-order valence-electron chi connectivity index (χ0n) is 8.29. The number of nitrogens with one attached hydrogen (secondary N) is 1. The lowest BCUT2D eigenvalue weighted by Gasteiger charge is -2.42. The lowest BCUT2D eigenvalue weighted by Crippen LogP contribution is -2.61. The summed E-state index contributed by atoms with van der Waals surface area (Å²) in [6.45, 7) is 1.48. The van der Waals surface area contributed by atoms with Crippen LogP contribution < -0.4 is 5.32 Å². The second-order valence-corrected chi connectivity index (χ2v) is 4.30. The number of carbonyl (C=O) groups is 1. The second kappa shape index (κ2) is 3.87. The van der Waals surface area contributed by atoms with Crippen molar-refractivity contribution in [3.05, 3.63) is 0 Å². The minimum atomic E-state index is -0.700. The van der Waals surface area contributed by atoms with Crippen molar-refractivity contribution in [1.82, 2.24) is 5.32 Å². The normalized spacial score (nSPS) is 30.7. The first kappa shape index (κ1) is 9.93. The molecule has 0 aromatic carbocycles. The summed E-state index contributed by atoms with van der Waals surface area (Å²) in [4.78, 5) is 11.1.